The van der Waals surface area contributed by atoms with Crippen molar-refractivity contribution >= 4 is 11.9 Å². The molecule has 0 radical (unpaired) electrons. The summed E-state index contributed by atoms with van der Waals surface area (Å²) in [5.41, 5.74) is 0. The first kappa shape index (κ1) is 26.6. The zero-order chi connectivity index (χ0) is 21.7. The Kier molecular flexibility index (Phi) is 17.4. The second kappa shape index (κ2) is 19.6. The van der Waals surface area contributed by atoms with Gasteiger partial charge in [-0.25, -0.2) is 0 Å². The summed E-state index contributed by atoms with van der Waals surface area (Å²) < 4.78 is 5.02. The highest BCUT2D eigenvalue weighted by atomic mass is 16.7. The van der Waals surface area contributed by atoms with E-state index < -0.39 is 11.9 Å². The summed E-state index contributed by atoms with van der Waals surface area (Å²) in [4.78, 5) is 28.3. The van der Waals surface area contributed by atoms with Crippen LogP contribution >= 0.6 is 0 Å². The average Bonchev–Trinajstić information content (AvgIpc) is 3.25. The van der Waals surface area contributed by atoms with E-state index in [2.05, 4.69) is 12.2 Å². The molecular weight excluding hydrogens is 380 g/mol. The van der Waals surface area contributed by atoms with Gasteiger partial charge in [0, 0.05) is 13.1 Å². The summed E-state index contributed by atoms with van der Waals surface area (Å²) in [6, 6.07) is 0. The predicted octanol–water partition coefficient (Wildman–Crippen LogP) is 5.63. The molecule has 1 saturated heterocycles. The summed E-state index contributed by atoms with van der Waals surface area (Å²) >= 11 is 0. The third-order valence-electron chi connectivity index (χ3n) is 5.36. The van der Waals surface area contributed by atoms with Gasteiger partial charge in [0.25, 0.3) is 0 Å². The molecule has 1 aliphatic heterocycles. The number of carbonyl (C=O) groups is 2. The monoisotopic (exact) mass is 424 g/mol. The number of rotatable bonds is 19. The molecule has 1 rings (SSSR count). The number of hydroxylamine groups is 2. The molecule has 1 N–H and O–H groups in total. The summed E-state index contributed by atoms with van der Waals surface area (Å²) in [5, 5.41) is 4.62. The molecule has 30 heavy (non-hydrogen) atoms. The van der Waals surface area contributed by atoms with E-state index in [-0.39, 0.29) is 12.8 Å². The van der Waals surface area contributed by atoms with Gasteiger partial charge in [-0.2, -0.15) is 0 Å². The zero-order valence-electron chi connectivity index (χ0n) is 19.2. The second-order valence-corrected chi connectivity index (χ2v) is 8.22. The molecular formula is C24H44N2O4. The van der Waals surface area contributed by atoms with Gasteiger partial charge in [0.1, 0.15) is 0 Å². The number of carbonyl (C=O) groups excluding carboxylic acids is 2. The maximum absolute atomic E-state index is 11.6. The molecule has 0 aromatic heterocycles. The Hall–Kier alpha value is -1.40. The van der Waals surface area contributed by atoms with E-state index in [0.717, 1.165) is 19.4 Å². The molecule has 0 saturated carbocycles. The van der Waals surface area contributed by atoms with Crippen LogP contribution in [0, 0.1) is 0 Å². The van der Waals surface area contributed by atoms with E-state index in [1.807, 2.05) is 6.08 Å². The van der Waals surface area contributed by atoms with Crippen molar-refractivity contribution in [3.8, 4) is 0 Å². The molecule has 1 heterocycles. The molecule has 0 aromatic carbocycles. The lowest BCUT2D eigenvalue weighted by Crippen LogP contribution is -2.26. The van der Waals surface area contributed by atoms with Gasteiger partial charge in [0.15, 0.2) is 0 Å². The molecule has 0 unspecified atom stereocenters. The Bertz CT molecular complexity index is 462. The average molecular weight is 425 g/mol. The van der Waals surface area contributed by atoms with Crippen molar-refractivity contribution in [1.29, 1.82) is 0 Å². The Morgan fingerprint density at radius 1 is 0.833 bits per heavy atom. The van der Waals surface area contributed by atoms with Crippen LogP contribution in [0.1, 0.15) is 110 Å². The minimum Gasteiger partial charge on any atom is -0.435 e. The molecule has 0 atom stereocenters. The SMILES string of the molecule is CCCCCCCCCCCCCCCC=COC(=O)CCC(=O)ON1CCNC1. The van der Waals surface area contributed by atoms with Crippen LogP contribution in [-0.2, 0) is 19.2 Å². The first-order chi connectivity index (χ1) is 14.7. The number of nitrogens with one attached hydrogen (secondary N) is 1. The van der Waals surface area contributed by atoms with Crippen LogP contribution in [0.4, 0.5) is 0 Å². The van der Waals surface area contributed by atoms with Crippen molar-refractivity contribution in [2.75, 3.05) is 19.8 Å². The molecule has 0 bridgehead atoms. The topological polar surface area (TPSA) is 67.9 Å². The van der Waals surface area contributed by atoms with Gasteiger partial charge in [-0.3, -0.25) is 9.59 Å². The van der Waals surface area contributed by atoms with Crippen molar-refractivity contribution in [3.63, 3.8) is 0 Å². The highest BCUT2D eigenvalue weighted by Crippen LogP contribution is 2.13. The second-order valence-electron chi connectivity index (χ2n) is 8.22. The molecule has 1 fully saturated rings. The van der Waals surface area contributed by atoms with Crippen LogP contribution in [0.3, 0.4) is 0 Å². The molecule has 0 aliphatic carbocycles. The molecule has 174 valence electrons. The number of ether oxygens (including phenoxy) is 1. The van der Waals surface area contributed by atoms with Crippen LogP contribution in [0.5, 0.6) is 0 Å². The van der Waals surface area contributed by atoms with Crippen LogP contribution in [0.2, 0.25) is 0 Å². The molecule has 6 heteroatoms. The summed E-state index contributed by atoms with van der Waals surface area (Å²) in [5.74, 6) is -0.792. The van der Waals surface area contributed by atoms with E-state index in [0.29, 0.717) is 13.2 Å². The fourth-order valence-electron chi connectivity index (χ4n) is 3.49. The minimum atomic E-state index is -0.397. The fraction of sp³-hybridized carbons (Fsp3) is 0.833. The van der Waals surface area contributed by atoms with Crippen molar-refractivity contribution < 1.29 is 19.2 Å². The van der Waals surface area contributed by atoms with Gasteiger partial charge in [0.2, 0.25) is 0 Å². The predicted molar refractivity (Wildman–Crippen MR) is 120 cm³/mol. The molecule has 1 aliphatic rings. The van der Waals surface area contributed by atoms with Gasteiger partial charge in [-0.1, -0.05) is 84.0 Å². The molecule has 0 aromatic rings. The maximum Gasteiger partial charge on any atom is 0.325 e. The Balaban J connectivity index is 1.81. The van der Waals surface area contributed by atoms with Crippen LogP contribution in [-0.4, -0.2) is 36.8 Å². The van der Waals surface area contributed by atoms with Crippen molar-refractivity contribution in [3.05, 3.63) is 12.3 Å². The smallest absolute Gasteiger partial charge is 0.325 e. The Morgan fingerprint density at radius 2 is 1.40 bits per heavy atom. The molecule has 0 spiro atoms. The van der Waals surface area contributed by atoms with Crippen molar-refractivity contribution in [2.45, 2.75) is 110 Å². The third-order valence-corrected chi connectivity index (χ3v) is 5.36. The number of unbranched alkanes of at least 4 members (excludes halogenated alkanes) is 13. The first-order valence-electron chi connectivity index (χ1n) is 12.2. The highest BCUT2D eigenvalue weighted by molar-refractivity contribution is 5.77. The lowest BCUT2D eigenvalue weighted by atomic mass is 10.0. The minimum absolute atomic E-state index is 0.0437. The molecule has 6 nitrogen and oxygen atoms in total. The molecule has 0 amide bonds. The Labute approximate surface area is 183 Å². The van der Waals surface area contributed by atoms with E-state index >= 15 is 0 Å². The lowest BCUT2D eigenvalue weighted by molar-refractivity contribution is -0.186. The normalized spacial score (nSPS) is 14.4. The lowest BCUT2D eigenvalue weighted by Gasteiger charge is -2.12. The highest BCUT2D eigenvalue weighted by Gasteiger charge is 2.16. The van der Waals surface area contributed by atoms with Gasteiger partial charge in [0.05, 0.1) is 25.8 Å². The number of allylic oxidation sites excluding steroid dienone is 1. The summed E-state index contributed by atoms with van der Waals surface area (Å²) in [6.07, 6.45) is 21.9. The van der Waals surface area contributed by atoms with Crippen molar-refractivity contribution in [1.82, 2.24) is 10.4 Å². The van der Waals surface area contributed by atoms with E-state index in [4.69, 9.17) is 9.57 Å². The quantitative estimate of drug-likeness (QED) is 0.165. The number of hydrogen-bond donors (Lipinski definition) is 1. The van der Waals surface area contributed by atoms with Crippen LogP contribution < -0.4 is 5.32 Å². The number of nitrogens with zero attached hydrogens (tertiary/aromatic N) is 1. The van der Waals surface area contributed by atoms with Gasteiger partial charge >= 0.3 is 11.9 Å². The van der Waals surface area contributed by atoms with Crippen LogP contribution in [0.25, 0.3) is 0 Å². The first-order valence-corrected chi connectivity index (χ1v) is 12.2. The standard InChI is InChI=1S/C24H44N2O4/c1-2-3-4-5-6-7-8-9-10-11-12-13-14-15-16-21-29-23(27)17-18-24(28)30-26-20-19-25-22-26/h16,21,25H,2-15,17-20,22H2,1H3. The van der Waals surface area contributed by atoms with E-state index in [9.17, 15) is 9.59 Å². The van der Waals surface area contributed by atoms with Gasteiger partial charge in [-0.05, 0) is 18.9 Å². The maximum atomic E-state index is 11.6. The fourth-order valence-corrected chi connectivity index (χ4v) is 3.49. The zero-order valence-corrected chi connectivity index (χ0v) is 19.2. The number of hydrogen-bond acceptors (Lipinski definition) is 6. The third kappa shape index (κ3) is 16.4. The van der Waals surface area contributed by atoms with Gasteiger partial charge < -0.3 is 14.9 Å². The van der Waals surface area contributed by atoms with Crippen molar-refractivity contribution in [2.24, 2.45) is 0 Å². The summed E-state index contributed by atoms with van der Waals surface area (Å²) in [6.45, 7) is 4.29. The van der Waals surface area contributed by atoms with Crippen LogP contribution in [0.15, 0.2) is 12.3 Å². The van der Waals surface area contributed by atoms with E-state index in [1.165, 1.54) is 83.3 Å². The summed E-state index contributed by atoms with van der Waals surface area (Å²) in [7, 11) is 0. The van der Waals surface area contributed by atoms with E-state index in [1.54, 1.807) is 5.06 Å². The largest absolute Gasteiger partial charge is 0.435 e. The Morgan fingerprint density at radius 3 is 1.97 bits per heavy atom. The van der Waals surface area contributed by atoms with Gasteiger partial charge in [-0.15, -0.1) is 5.06 Å². The number of esters is 1.